The highest BCUT2D eigenvalue weighted by molar-refractivity contribution is 5.45. The van der Waals surface area contributed by atoms with Crippen LogP contribution in [-0.4, -0.2) is 30.2 Å². The Kier molecular flexibility index (Phi) is 3.39. The van der Waals surface area contributed by atoms with E-state index in [1.54, 1.807) is 0 Å². The standard InChI is InChI=1S/C17H25N3/c1-2-11-18-14(5-1)12-20(15-8-9-15)17-10-7-13-4-3-6-16(13)19-17/h7,10,14-15,18H,1-6,8-9,11-12H2. The van der Waals surface area contributed by atoms with Gasteiger partial charge in [0.15, 0.2) is 0 Å². The van der Waals surface area contributed by atoms with Gasteiger partial charge in [-0.15, -0.1) is 0 Å². The number of rotatable bonds is 4. The van der Waals surface area contributed by atoms with Gasteiger partial charge in [-0.3, -0.25) is 0 Å². The van der Waals surface area contributed by atoms with Crippen LogP contribution < -0.4 is 10.2 Å². The molecule has 0 spiro atoms. The van der Waals surface area contributed by atoms with E-state index in [2.05, 4.69) is 22.3 Å². The van der Waals surface area contributed by atoms with Crippen LogP contribution in [0.1, 0.15) is 49.8 Å². The van der Waals surface area contributed by atoms with Crippen LogP contribution in [0, 0.1) is 0 Å². The number of hydrogen-bond donors (Lipinski definition) is 1. The molecule has 1 unspecified atom stereocenters. The zero-order valence-corrected chi connectivity index (χ0v) is 12.3. The maximum Gasteiger partial charge on any atom is 0.129 e. The molecule has 1 N–H and O–H groups in total. The summed E-state index contributed by atoms with van der Waals surface area (Å²) in [7, 11) is 0. The topological polar surface area (TPSA) is 28.2 Å². The van der Waals surface area contributed by atoms with E-state index in [0.29, 0.717) is 6.04 Å². The number of nitrogens with one attached hydrogen (secondary N) is 1. The third-order valence-corrected chi connectivity index (χ3v) is 5.02. The molecule has 3 aliphatic rings. The normalized spacial score (nSPS) is 25.5. The Balaban J connectivity index is 1.52. The first-order chi connectivity index (χ1) is 9.90. The number of anilines is 1. The number of aryl methyl sites for hydroxylation is 2. The molecule has 3 heteroatoms. The van der Waals surface area contributed by atoms with Crippen molar-refractivity contribution in [3.8, 4) is 0 Å². The van der Waals surface area contributed by atoms with Crippen LogP contribution in [0.5, 0.6) is 0 Å². The van der Waals surface area contributed by atoms with E-state index in [1.165, 1.54) is 75.0 Å². The Hall–Kier alpha value is -1.09. The first kappa shape index (κ1) is 12.6. The lowest BCUT2D eigenvalue weighted by Gasteiger charge is -2.31. The van der Waals surface area contributed by atoms with Crippen LogP contribution in [0.4, 0.5) is 5.82 Å². The van der Waals surface area contributed by atoms with Crippen LogP contribution in [0.3, 0.4) is 0 Å². The van der Waals surface area contributed by atoms with Gasteiger partial charge >= 0.3 is 0 Å². The fourth-order valence-electron chi connectivity index (χ4n) is 3.70. The zero-order valence-electron chi connectivity index (χ0n) is 12.3. The van der Waals surface area contributed by atoms with Crippen molar-refractivity contribution in [3.05, 3.63) is 23.4 Å². The molecule has 1 aromatic heterocycles. The van der Waals surface area contributed by atoms with Crippen molar-refractivity contribution in [2.45, 2.75) is 63.5 Å². The van der Waals surface area contributed by atoms with E-state index in [4.69, 9.17) is 4.98 Å². The van der Waals surface area contributed by atoms with Gasteiger partial charge in [0.05, 0.1) is 0 Å². The van der Waals surface area contributed by atoms with Crippen molar-refractivity contribution in [2.75, 3.05) is 18.0 Å². The fraction of sp³-hybridized carbons (Fsp3) is 0.706. The number of piperidine rings is 1. The summed E-state index contributed by atoms with van der Waals surface area (Å²) in [6.07, 6.45) is 10.5. The first-order valence-electron chi connectivity index (χ1n) is 8.39. The number of pyridine rings is 1. The second kappa shape index (κ2) is 5.36. The van der Waals surface area contributed by atoms with E-state index in [0.717, 1.165) is 12.6 Å². The highest BCUT2D eigenvalue weighted by Gasteiger charge is 2.32. The van der Waals surface area contributed by atoms with Crippen LogP contribution in [-0.2, 0) is 12.8 Å². The molecule has 20 heavy (non-hydrogen) atoms. The minimum Gasteiger partial charge on any atom is -0.352 e. The lowest BCUT2D eigenvalue weighted by Crippen LogP contribution is -2.44. The third kappa shape index (κ3) is 2.56. The van der Waals surface area contributed by atoms with Gasteiger partial charge in [-0.25, -0.2) is 4.98 Å². The summed E-state index contributed by atoms with van der Waals surface area (Å²) < 4.78 is 0. The van der Waals surface area contributed by atoms with Gasteiger partial charge in [0.25, 0.3) is 0 Å². The van der Waals surface area contributed by atoms with Crippen LogP contribution in [0.15, 0.2) is 12.1 Å². The molecule has 108 valence electrons. The minimum atomic E-state index is 0.666. The molecule has 3 nitrogen and oxygen atoms in total. The highest BCUT2D eigenvalue weighted by atomic mass is 15.2. The minimum absolute atomic E-state index is 0.666. The van der Waals surface area contributed by atoms with Crippen molar-refractivity contribution >= 4 is 5.82 Å². The molecule has 1 saturated heterocycles. The van der Waals surface area contributed by atoms with Crippen molar-refractivity contribution in [2.24, 2.45) is 0 Å². The molecule has 0 aromatic carbocycles. The lowest BCUT2D eigenvalue weighted by molar-refractivity contribution is 0.397. The smallest absolute Gasteiger partial charge is 0.129 e. The molecular formula is C17H25N3. The summed E-state index contributed by atoms with van der Waals surface area (Å²) in [5.74, 6) is 1.24. The zero-order chi connectivity index (χ0) is 13.4. The summed E-state index contributed by atoms with van der Waals surface area (Å²) >= 11 is 0. The predicted octanol–water partition coefficient (Wildman–Crippen LogP) is 2.68. The maximum atomic E-state index is 4.98. The summed E-state index contributed by atoms with van der Waals surface area (Å²) in [6, 6.07) is 6.02. The number of aromatic nitrogens is 1. The molecule has 2 fully saturated rings. The molecule has 1 aliphatic heterocycles. The Labute approximate surface area is 121 Å². The Morgan fingerprint density at radius 2 is 2.05 bits per heavy atom. The van der Waals surface area contributed by atoms with E-state index < -0.39 is 0 Å². The maximum absolute atomic E-state index is 4.98. The Morgan fingerprint density at radius 3 is 2.85 bits per heavy atom. The Morgan fingerprint density at radius 1 is 1.10 bits per heavy atom. The molecule has 1 atom stereocenters. The van der Waals surface area contributed by atoms with Crippen molar-refractivity contribution in [1.29, 1.82) is 0 Å². The van der Waals surface area contributed by atoms with Gasteiger partial charge in [-0.2, -0.15) is 0 Å². The summed E-state index contributed by atoms with van der Waals surface area (Å²) in [4.78, 5) is 7.56. The monoisotopic (exact) mass is 271 g/mol. The van der Waals surface area contributed by atoms with E-state index in [-0.39, 0.29) is 0 Å². The predicted molar refractivity (Wildman–Crippen MR) is 82.3 cm³/mol. The van der Waals surface area contributed by atoms with Gasteiger partial charge in [0, 0.05) is 24.3 Å². The Bertz CT molecular complexity index is 475. The molecule has 4 rings (SSSR count). The van der Waals surface area contributed by atoms with Gasteiger partial charge in [0.2, 0.25) is 0 Å². The summed E-state index contributed by atoms with van der Waals surface area (Å²) in [5.41, 5.74) is 2.85. The van der Waals surface area contributed by atoms with Crippen molar-refractivity contribution < 1.29 is 0 Å². The fourth-order valence-corrected chi connectivity index (χ4v) is 3.70. The molecule has 0 amide bonds. The van der Waals surface area contributed by atoms with E-state index >= 15 is 0 Å². The quantitative estimate of drug-likeness (QED) is 0.912. The molecule has 0 radical (unpaired) electrons. The lowest BCUT2D eigenvalue weighted by atomic mass is 10.0. The highest BCUT2D eigenvalue weighted by Crippen LogP contribution is 2.33. The van der Waals surface area contributed by atoms with E-state index in [9.17, 15) is 0 Å². The van der Waals surface area contributed by atoms with E-state index in [1.807, 2.05) is 0 Å². The van der Waals surface area contributed by atoms with Crippen molar-refractivity contribution in [1.82, 2.24) is 10.3 Å². The van der Waals surface area contributed by atoms with Crippen molar-refractivity contribution in [3.63, 3.8) is 0 Å². The number of nitrogens with zero attached hydrogens (tertiary/aromatic N) is 2. The average Bonchev–Trinajstić information content (AvgIpc) is 3.22. The van der Waals surface area contributed by atoms with Gasteiger partial charge in [0.1, 0.15) is 5.82 Å². The SMILES string of the molecule is c1cc2c(nc1N(CC1CCCCN1)C1CC1)CCC2. The number of hydrogen-bond acceptors (Lipinski definition) is 3. The summed E-state index contributed by atoms with van der Waals surface area (Å²) in [6.45, 7) is 2.34. The molecule has 1 aromatic rings. The van der Waals surface area contributed by atoms with Crippen LogP contribution in [0.2, 0.25) is 0 Å². The van der Waals surface area contributed by atoms with Crippen LogP contribution >= 0.6 is 0 Å². The number of fused-ring (bicyclic) bond motifs is 1. The average molecular weight is 271 g/mol. The second-order valence-electron chi connectivity index (χ2n) is 6.66. The molecule has 1 saturated carbocycles. The molecular weight excluding hydrogens is 246 g/mol. The van der Waals surface area contributed by atoms with Crippen LogP contribution in [0.25, 0.3) is 0 Å². The third-order valence-electron chi connectivity index (χ3n) is 5.02. The van der Waals surface area contributed by atoms with Gasteiger partial charge < -0.3 is 10.2 Å². The molecule has 0 bridgehead atoms. The molecule has 2 aliphatic carbocycles. The first-order valence-corrected chi connectivity index (χ1v) is 8.39. The largest absolute Gasteiger partial charge is 0.352 e. The second-order valence-corrected chi connectivity index (χ2v) is 6.66. The molecule has 2 heterocycles. The van der Waals surface area contributed by atoms with Gasteiger partial charge in [-0.05, 0) is 63.1 Å². The summed E-state index contributed by atoms with van der Waals surface area (Å²) in [5, 5.41) is 3.68. The van der Waals surface area contributed by atoms with Gasteiger partial charge in [-0.1, -0.05) is 12.5 Å².